The molecule has 1 aromatic heterocycles. The number of anilines is 1. The molecule has 2 amide bonds. The molecule has 0 spiro atoms. The van der Waals surface area contributed by atoms with E-state index in [0.29, 0.717) is 24.8 Å². The molecular formula is C20H33N5O3S. The van der Waals surface area contributed by atoms with E-state index in [-0.39, 0.29) is 17.7 Å². The van der Waals surface area contributed by atoms with Crippen LogP contribution < -0.4 is 10.6 Å². The topological polar surface area (TPSA) is 86.8 Å². The molecule has 1 aromatic rings. The van der Waals surface area contributed by atoms with Gasteiger partial charge in [0.25, 0.3) is 0 Å². The summed E-state index contributed by atoms with van der Waals surface area (Å²) in [5.41, 5.74) is 0.952. The zero-order valence-corrected chi connectivity index (χ0v) is 18.4. The maximum absolute atomic E-state index is 12.5. The molecule has 3 rings (SSSR count). The van der Waals surface area contributed by atoms with Crippen LogP contribution in [0.3, 0.4) is 0 Å². The third-order valence-electron chi connectivity index (χ3n) is 5.57. The standard InChI is InChI=1S/C20H33N5O3S/c1-15-16(2)29-20(22-15)23-18(26)14-25-7-3-5-17(13-25)19(27)21-6-4-8-24-9-11-28-12-10-24/h17H,3-14H2,1-2H3,(H,21,27)(H,22,23,26). The Morgan fingerprint density at radius 2 is 2.00 bits per heavy atom. The first-order valence-corrected chi connectivity index (χ1v) is 11.4. The number of hydrogen-bond donors (Lipinski definition) is 2. The Labute approximate surface area is 177 Å². The average molecular weight is 424 g/mol. The predicted octanol–water partition coefficient (Wildman–Crippen LogP) is 1.25. The molecule has 2 N–H and O–H groups in total. The summed E-state index contributed by atoms with van der Waals surface area (Å²) in [6.45, 7) is 11.0. The highest BCUT2D eigenvalue weighted by Crippen LogP contribution is 2.21. The lowest BCUT2D eigenvalue weighted by Crippen LogP contribution is -2.46. The van der Waals surface area contributed by atoms with Crippen molar-refractivity contribution in [2.45, 2.75) is 33.1 Å². The van der Waals surface area contributed by atoms with E-state index >= 15 is 0 Å². The number of hydrogen-bond acceptors (Lipinski definition) is 7. The van der Waals surface area contributed by atoms with Crippen LogP contribution in [0, 0.1) is 19.8 Å². The van der Waals surface area contributed by atoms with Gasteiger partial charge < -0.3 is 15.4 Å². The van der Waals surface area contributed by atoms with E-state index in [1.807, 2.05) is 13.8 Å². The molecular weight excluding hydrogens is 390 g/mol. The fraction of sp³-hybridized carbons (Fsp3) is 0.750. The molecule has 1 atom stereocenters. The molecule has 9 heteroatoms. The highest BCUT2D eigenvalue weighted by molar-refractivity contribution is 7.15. The van der Waals surface area contributed by atoms with E-state index in [4.69, 9.17) is 4.74 Å². The van der Waals surface area contributed by atoms with Crippen LogP contribution in [0.25, 0.3) is 0 Å². The van der Waals surface area contributed by atoms with Crippen LogP contribution in [0.4, 0.5) is 5.13 Å². The van der Waals surface area contributed by atoms with Gasteiger partial charge in [-0.3, -0.25) is 19.4 Å². The van der Waals surface area contributed by atoms with E-state index in [0.717, 1.165) is 69.2 Å². The third kappa shape index (κ3) is 7.02. The van der Waals surface area contributed by atoms with Gasteiger partial charge in [-0.2, -0.15) is 0 Å². The summed E-state index contributed by atoms with van der Waals surface area (Å²) >= 11 is 1.50. The average Bonchev–Trinajstić information content (AvgIpc) is 3.02. The lowest BCUT2D eigenvalue weighted by atomic mass is 9.97. The second-order valence-corrected chi connectivity index (χ2v) is 9.08. The molecule has 0 saturated carbocycles. The number of ether oxygens (including phenoxy) is 1. The highest BCUT2D eigenvalue weighted by atomic mass is 32.1. The number of carbonyl (C=O) groups excluding carboxylic acids is 2. The molecule has 2 aliphatic heterocycles. The molecule has 0 aliphatic carbocycles. The Morgan fingerprint density at radius 1 is 1.21 bits per heavy atom. The van der Waals surface area contributed by atoms with Crippen molar-refractivity contribution in [3.05, 3.63) is 10.6 Å². The van der Waals surface area contributed by atoms with E-state index in [2.05, 4.69) is 25.4 Å². The Morgan fingerprint density at radius 3 is 2.72 bits per heavy atom. The van der Waals surface area contributed by atoms with Gasteiger partial charge in [-0.15, -0.1) is 11.3 Å². The predicted molar refractivity (Wildman–Crippen MR) is 114 cm³/mol. The van der Waals surface area contributed by atoms with Crippen LogP contribution in [0.1, 0.15) is 29.8 Å². The van der Waals surface area contributed by atoms with Crippen LogP contribution in [-0.2, 0) is 14.3 Å². The van der Waals surface area contributed by atoms with Crippen molar-refractivity contribution in [1.82, 2.24) is 20.1 Å². The zero-order valence-electron chi connectivity index (χ0n) is 17.5. The van der Waals surface area contributed by atoms with Gasteiger partial charge in [-0.25, -0.2) is 4.98 Å². The minimum absolute atomic E-state index is 0.0377. The van der Waals surface area contributed by atoms with Crippen LogP contribution in [0.15, 0.2) is 0 Å². The molecule has 2 aliphatic rings. The number of thiazole rings is 1. The normalized spacial score (nSPS) is 21.1. The summed E-state index contributed by atoms with van der Waals surface area (Å²) in [7, 11) is 0. The van der Waals surface area contributed by atoms with E-state index < -0.39 is 0 Å². The molecule has 0 bridgehead atoms. The fourth-order valence-corrected chi connectivity index (χ4v) is 4.62. The first-order chi connectivity index (χ1) is 14.0. The number of aromatic nitrogens is 1. The first-order valence-electron chi connectivity index (χ1n) is 10.6. The highest BCUT2D eigenvalue weighted by Gasteiger charge is 2.26. The Bertz CT molecular complexity index is 670. The number of piperidine rings is 1. The van der Waals surface area contributed by atoms with Crippen LogP contribution in [0.5, 0.6) is 0 Å². The van der Waals surface area contributed by atoms with Crippen LogP contribution >= 0.6 is 11.3 Å². The molecule has 162 valence electrons. The van der Waals surface area contributed by atoms with Gasteiger partial charge in [-0.05, 0) is 46.2 Å². The molecule has 29 heavy (non-hydrogen) atoms. The van der Waals surface area contributed by atoms with Crippen LogP contribution in [-0.4, -0.2) is 85.6 Å². The van der Waals surface area contributed by atoms with Crippen LogP contribution in [0.2, 0.25) is 0 Å². The number of nitrogens with zero attached hydrogens (tertiary/aromatic N) is 3. The van der Waals surface area contributed by atoms with Gasteiger partial charge in [0.15, 0.2) is 5.13 Å². The number of nitrogens with one attached hydrogen (secondary N) is 2. The van der Waals surface area contributed by atoms with Gasteiger partial charge in [-0.1, -0.05) is 0 Å². The molecule has 0 aromatic carbocycles. The van der Waals surface area contributed by atoms with Crippen molar-refractivity contribution in [2.75, 3.05) is 64.3 Å². The summed E-state index contributed by atoms with van der Waals surface area (Å²) < 4.78 is 5.35. The summed E-state index contributed by atoms with van der Waals surface area (Å²) in [6, 6.07) is 0. The van der Waals surface area contributed by atoms with Gasteiger partial charge >= 0.3 is 0 Å². The maximum Gasteiger partial charge on any atom is 0.240 e. The monoisotopic (exact) mass is 423 g/mol. The minimum Gasteiger partial charge on any atom is -0.379 e. The maximum atomic E-state index is 12.5. The van der Waals surface area contributed by atoms with E-state index in [1.54, 1.807) is 0 Å². The van der Waals surface area contributed by atoms with Gasteiger partial charge in [0.05, 0.1) is 31.4 Å². The smallest absolute Gasteiger partial charge is 0.240 e. The first kappa shape index (κ1) is 22.1. The molecule has 8 nitrogen and oxygen atoms in total. The second-order valence-electron chi connectivity index (χ2n) is 7.88. The summed E-state index contributed by atoms with van der Waals surface area (Å²) in [5.74, 6) is 0.0119. The van der Waals surface area contributed by atoms with Crippen molar-refractivity contribution in [2.24, 2.45) is 5.92 Å². The lowest BCUT2D eigenvalue weighted by molar-refractivity contribution is -0.128. The van der Waals surface area contributed by atoms with Crippen molar-refractivity contribution < 1.29 is 14.3 Å². The zero-order chi connectivity index (χ0) is 20.6. The molecule has 2 fully saturated rings. The summed E-state index contributed by atoms with van der Waals surface area (Å²) in [4.78, 5) is 34.8. The number of likely N-dealkylation sites (tertiary alicyclic amines) is 1. The minimum atomic E-state index is -0.0645. The number of aryl methyl sites for hydroxylation is 2. The SMILES string of the molecule is Cc1nc(NC(=O)CN2CCCC(C(=O)NCCCN3CCOCC3)C2)sc1C. The van der Waals surface area contributed by atoms with Gasteiger partial charge in [0.2, 0.25) is 11.8 Å². The Kier molecular flexibility index (Phi) is 8.40. The van der Waals surface area contributed by atoms with Crippen molar-refractivity contribution in [3.63, 3.8) is 0 Å². The van der Waals surface area contributed by atoms with Crippen molar-refractivity contribution >= 4 is 28.3 Å². The Hall–Kier alpha value is -1.55. The van der Waals surface area contributed by atoms with Crippen molar-refractivity contribution in [3.8, 4) is 0 Å². The van der Waals surface area contributed by atoms with E-state index in [1.165, 1.54) is 11.3 Å². The second kappa shape index (κ2) is 11.0. The van der Waals surface area contributed by atoms with Gasteiger partial charge in [0, 0.05) is 31.1 Å². The molecule has 3 heterocycles. The number of morpholine rings is 1. The summed E-state index contributed by atoms with van der Waals surface area (Å²) in [6.07, 6.45) is 2.78. The number of rotatable bonds is 8. The van der Waals surface area contributed by atoms with Crippen molar-refractivity contribution in [1.29, 1.82) is 0 Å². The molecule has 0 radical (unpaired) electrons. The number of carbonyl (C=O) groups is 2. The fourth-order valence-electron chi connectivity index (χ4n) is 3.78. The van der Waals surface area contributed by atoms with Gasteiger partial charge in [0.1, 0.15) is 0 Å². The molecule has 1 unspecified atom stereocenters. The quantitative estimate of drug-likeness (QED) is 0.612. The lowest BCUT2D eigenvalue weighted by Gasteiger charge is -2.31. The largest absolute Gasteiger partial charge is 0.379 e. The molecule has 2 saturated heterocycles. The van der Waals surface area contributed by atoms with E-state index in [9.17, 15) is 9.59 Å². The summed E-state index contributed by atoms with van der Waals surface area (Å²) in [5, 5.41) is 6.61. The number of amides is 2. The Balaban J connectivity index is 1.35. The third-order valence-corrected chi connectivity index (χ3v) is 6.56.